The van der Waals surface area contributed by atoms with Crippen LogP contribution in [0.5, 0.6) is 0 Å². The van der Waals surface area contributed by atoms with E-state index in [0.29, 0.717) is 23.6 Å². The summed E-state index contributed by atoms with van der Waals surface area (Å²) in [6, 6.07) is 10.4. The molecule has 25 heavy (non-hydrogen) atoms. The molecular formula is C18H23FIN5. The van der Waals surface area contributed by atoms with Crippen LogP contribution in [0.4, 0.5) is 4.39 Å². The molecule has 0 fully saturated rings. The first-order chi connectivity index (χ1) is 11.5. The molecule has 2 aromatic rings. The lowest BCUT2D eigenvalue weighted by molar-refractivity contribution is 0.461. The lowest BCUT2D eigenvalue weighted by atomic mass is 10.1. The zero-order valence-electron chi connectivity index (χ0n) is 14.7. The molecule has 7 heteroatoms. The molecule has 1 aromatic heterocycles. The standard InChI is InChI=1S/C18H22FN5.HI/c1-4-21-18(24(3)13-16-6-5-9-23(16)2)22-12-15-10-14(11-20)7-8-17(15)19;/h5-10H,4,12-13H2,1-3H3,(H,21,22);1H. The predicted molar refractivity (Wildman–Crippen MR) is 108 cm³/mol. The summed E-state index contributed by atoms with van der Waals surface area (Å²) in [6.07, 6.45) is 2.00. The van der Waals surface area contributed by atoms with E-state index in [-0.39, 0.29) is 36.3 Å². The molecule has 1 N–H and O–H groups in total. The number of aliphatic imine (C=N–C) groups is 1. The molecule has 0 aliphatic rings. The Morgan fingerprint density at radius 3 is 2.76 bits per heavy atom. The van der Waals surface area contributed by atoms with Gasteiger partial charge in [0.2, 0.25) is 0 Å². The summed E-state index contributed by atoms with van der Waals surface area (Å²) in [4.78, 5) is 6.49. The third-order valence-electron chi connectivity index (χ3n) is 3.72. The Hall–Kier alpha value is -2.08. The number of hydrogen-bond acceptors (Lipinski definition) is 2. The van der Waals surface area contributed by atoms with Crippen LogP contribution < -0.4 is 5.32 Å². The van der Waals surface area contributed by atoms with Crippen LogP contribution in [-0.4, -0.2) is 29.0 Å². The molecule has 0 aliphatic heterocycles. The van der Waals surface area contributed by atoms with E-state index >= 15 is 0 Å². The van der Waals surface area contributed by atoms with Crippen LogP contribution in [0.15, 0.2) is 41.5 Å². The van der Waals surface area contributed by atoms with Crippen molar-refractivity contribution in [1.82, 2.24) is 14.8 Å². The highest BCUT2D eigenvalue weighted by Crippen LogP contribution is 2.12. The van der Waals surface area contributed by atoms with E-state index in [1.54, 1.807) is 6.07 Å². The highest BCUT2D eigenvalue weighted by atomic mass is 127. The zero-order valence-corrected chi connectivity index (χ0v) is 17.0. The predicted octanol–water partition coefficient (Wildman–Crippen LogP) is 3.25. The van der Waals surface area contributed by atoms with Gasteiger partial charge in [-0.2, -0.15) is 5.26 Å². The molecule has 0 saturated heterocycles. The van der Waals surface area contributed by atoms with Crippen LogP contribution in [0.1, 0.15) is 23.7 Å². The molecule has 0 spiro atoms. The molecule has 5 nitrogen and oxygen atoms in total. The Morgan fingerprint density at radius 1 is 1.40 bits per heavy atom. The van der Waals surface area contributed by atoms with Gasteiger partial charge in [-0.15, -0.1) is 24.0 Å². The van der Waals surface area contributed by atoms with Gasteiger partial charge in [-0.25, -0.2) is 9.38 Å². The Labute approximate surface area is 165 Å². The summed E-state index contributed by atoms with van der Waals surface area (Å²) < 4.78 is 15.9. The zero-order chi connectivity index (χ0) is 17.5. The van der Waals surface area contributed by atoms with Crippen molar-refractivity contribution in [2.24, 2.45) is 12.0 Å². The van der Waals surface area contributed by atoms with E-state index in [1.165, 1.54) is 12.1 Å². The van der Waals surface area contributed by atoms with Crippen LogP contribution in [0, 0.1) is 17.1 Å². The number of nitrogens with one attached hydrogen (secondary N) is 1. The molecule has 1 heterocycles. The van der Waals surface area contributed by atoms with Crippen molar-refractivity contribution in [2.75, 3.05) is 13.6 Å². The van der Waals surface area contributed by atoms with E-state index in [2.05, 4.69) is 20.9 Å². The maximum atomic E-state index is 13.9. The number of rotatable bonds is 5. The van der Waals surface area contributed by atoms with Gasteiger partial charge in [-0.3, -0.25) is 0 Å². The number of aromatic nitrogens is 1. The monoisotopic (exact) mass is 455 g/mol. The van der Waals surface area contributed by atoms with E-state index in [4.69, 9.17) is 5.26 Å². The second kappa shape index (κ2) is 10.0. The maximum Gasteiger partial charge on any atom is 0.194 e. The average molecular weight is 455 g/mol. The fourth-order valence-corrected chi connectivity index (χ4v) is 2.37. The van der Waals surface area contributed by atoms with Crippen molar-refractivity contribution in [1.29, 1.82) is 5.26 Å². The highest BCUT2D eigenvalue weighted by molar-refractivity contribution is 14.0. The Morgan fingerprint density at radius 2 is 2.16 bits per heavy atom. The van der Waals surface area contributed by atoms with Crippen LogP contribution in [0.25, 0.3) is 0 Å². The van der Waals surface area contributed by atoms with Crippen molar-refractivity contribution >= 4 is 29.9 Å². The molecule has 0 atom stereocenters. The van der Waals surface area contributed by atoms with E-state index in [9.17, 15) is 4.39 Å². The molecular weight excluding hydrogens is 432 g/mol. The largest absolute Gasteiger partial charge is 0.357 e. The van der Waals surface area contributed by atoms with Gasteiger partial charge in [0.15, 0.2) is 5.96 Å². The minimum Gasteiger partial charge on any atom is -0.357 e. The number of guanidine groups is 1. The molecule has 0 amide bonds. The van der Waals surface area contributed by atoms with Crippen LogP contribution in [-0.2, 0) is 20.1 Å². The normalized spacial score (nSPS) is 10.8. The minimum absolute atomic E-state index is 0. The molecule has 1 aromatic carbocycles. The summed E-state index contributed by atoms with van der Waals surface area (Å²) in [5.41, 5.74) is 2.00. The second-order valence-corrected chi connectivity index (χ2v) is 5.55. The van der Waals surface area contributed by atoms with Crippen molar-refractivity contribution in [2.45, 2.75) is 20.0 Å². The number of hydrogen-bond donors (Lipinski definition) is 1. The van der Waals surface area contributed by atoms with Gasteiger partial charge in [0.1, 0.15) is 5.82 Å². The van der Waals surface area contributed by atoms with Gasteiger partial charge < -0.3 is 14.8 Å². The molecule has 134 valence electrons. The van der Waals surface area contributed by atoms with Gasteiger partial charge in [0.05, 0.1) is 24.7 Å². The second-order valence-electron chi connectivity index (χ2n) is 5.55. The van der Waals surface area contributed by atoms with E-state index in [0.717, 1.165) is 12.2 Å². The van der Waals surface area contributed by atoms with Crippen LogP contribution in [0.3, 0.4) is 0 Å². The lowest BCUT2D eigenvalue weighted by Gasteiger charge is -2.22. The summed E-state index contributed by atoms with van der Waals surface area (Å²) in [7, 11) is 3.94. The SMILES string of the molecule is CCNC(=NCc1cc(C#N)ccc1F)N(C)Cc1cccn1C.I. The molecule has 0 saturated carbocycles. The Bertz CT molecular complexity index is 763. The molecule has 2 rings (SSSR count). The lowest BCUT2D eigenvalue weighted by Crippen LogP contribution is -2.38. The summed E-state index contributed by atoms with van der Waals surface area (Å²) in [5.74, 6) is 0.346. The first kappa shape index (κ1) is 21.0. The highest BCUT2D eigenvalue weighted by Gasteiger charge is 2.09. The topological polar surface area (TPSA) is 56.4 Å². The van der Waals surface area contributed by atoms with Gasteiger partial charge in [-0.05, 0) is 37.3 Å². The average Bonchev–Trinajstić information content (AvgIpc) is 2.97. The quantitative estimate of drug-likeness (QED) is 0.428. The van der Waals surface area contributed by atoms with Crippen molar-refractivity contribution in [3.63, 3.8) is 0 Å². The van der Waals surface area contributed by atoms with Crippen molar-refractivity contribution in [3.8, 4) is 6.07 Å². The van der Waals surface area contributed by atoms with Gasteiger partial charge >= 0.3 is 0 Å². The first-order valence-electron chi connectivity index (χ1n) is 7.83. The van der Waals surface area contributed by atoms with Crippen LogP contribution in [0.2, 0.25) is 0 Å². The third-order valence-corrected chi connectivity index (χ3v) is 3.72. The first-order valence-corrected chi connectivity index (χ1v) is 7.83. The Kier molecular flexibility index (Phi) is 8.41. The van der Waals surface area contributed by atoms with Gasteiger partial charge in [-0.1, -0.05) is 0 Å². The Balaban J connectivity index is 0.00000312. The number of nitriles is 1. The molecule has 0 aliphatic carbocycles. The van der Waals surface area contributed by atoms with E-state index in [1.807, 2.05) is 44.3 Å². The summed E-state index contributed by atoms with van der Waals surface area (Å²) >= 11 is 0. The molecule has 0 unspecified atom stereocenters. The number of aryl methyl sites for hydroxylation is 1. The van der Waals surface area contributed by atoms with Gasteiger partial charge in [0.25, 0.3) is 0 Å². The van der Waals surface area contributed by atoms with Crippen molar-refractivity contribution in [3.05, 3.63) is 59.2 Å². The third kappa shape index (κ3) is 5.74. The molecule has 0 radical (unpaired) electrons. The van der Waals surface area contributed by atoms with Crippen molar-refractivity contribution < 1.29 is 4.39 Å². The summed E-state index contributed by atoms with van der Waals surface area (Å²) in [5, 5.41) is 12.2. The van der Waals surface area contributed by atoms with E-state index < -0.39 is 0 Å². The number of benzene rings is 1. The smallest absolute Gasteiger partial charge is 0.194 e. The minimum atomic E-state index is -0.348. The molecule has 0 bridgehead atoms. The number of nitrogens with zero attached hydrogens (tertiary/aromatic N) is 4. The fraction of sp³-hybridized carbons (Fsp3) is 0.333. The summed E-state index contributed by atoms with van der Waals surface area (Å²) in [6.45, 7) is 3.58. The van der Waals surface area contributed by atoms with Crippen LogP contribution >= 0.6 is 24.0 Å². The maximum absolute atomic E-state index is 13.9. The fourth-order valence-electron chi connectivity index (χ4n) is 2.37. The number of halogens is 2. The van der Waals surface area contributed by atoms with Gasteiger partial charge in [0, 0.05) is 38.1 Å².